The molecule has 42 heavy (non-hydrogen) atoms. The van der Waals surface area contributed by atoms with Crippen molar-refractivity contribution in [1.82, 2.24) is 10.9 Å². The van der Waals surface area contributed by atoms with Gasteiger partial charge in [0.25, 0.3) is 0 Å². The number of nitrogens with one attached hydrogen (secondary N) is 3. The van der Waals surface area contributed by atoms with Gasteiger partial charge < -0.3 is 10.1 Å². The summed E-state index contributed by atoms with van der Waals surface area (Å²) in [4.78, 5) is 18.1. The van der Waals surface area contributed by atoms with Crippen LogP contribution < -0.4 is 16.2 Å². The second kappa shape index (κ2) is 21.9. The third-order valence-electron chi connectivity index (χ3n) is 7.30. The van der Waals surface area contributed by atoms with Crippen LogP contribution in [0.3, 0.4) is 0 Å². The molecule has 0 aromatic heterocycles. The zero-order valence-electron chi connectivity index (χ0n) is 26.9. The Balaban J connectivity index is 0.000000619. The summed E-state index contributed by atoms with van der Waals surface area (Å²) in [6.45, 7) is 13.4. The molecule has 1 heterocycles. The zero-order valence-corrected chi connectivity index (χ0v) is 26.9. The van der Waals surface area contributed by atoms with E-state index in [-0.39, 0.29) is 0 Å². The Morgan fingerprint density at radius 3 is 2.31 bits per heavy atom. The lowest BCUT2D eigenvalue weighted by atomic mass is 9.97. The fourth-order valence-corrected chi connectivity index (χ4v) is 4.62. The first kappa shape index (κ1) is 36.3. The number of carbonyl (C=O) groups is 1. The lowest BCUT2D eigenvalue weighted by Gasteiger charge is -2.21. The zero-order chi connectivity index (χ0) is 31.2. The van der Waals surface area contributed by atoms with Crippen LogP contribution in [0, 0.1) is 12.8 Å². The molecule has 0 radical (unpaired) electrons. The Morgan fingerprint density at radius 2 is 1.79 bits per heavy atom. The maximum Gasteiger partial charge on any atom is 0.205 e. The molecule has 1 unspecified atom stereocenters. The van der Waals surface area contributed by atoms with E-state index in [0.717, 1.165) is 41.8 Å². The lowest BCUT2D eigenvalue weighted by Crippen LogP contribution is -2.32. The summed E-state index contributed by atoms with van der Waals surface area (Å²) in [7, 11) is 1.65. The number of rotatable bonds is 14. The van der Waals surface area contributed by atoms with Crippen LogP contribution in [0.2, 0.25) is 0 Å². The number of benzene rings is 2. The quantitative estimate of drug-likeness (QED) is 0.0904. The van der Waals surface area contributed by atoms with E-state index in [1.54, 1.807) is 7.11 Å². The number of hydrazine groups is 1. The first-order valence-corrected chi connectivity index (χ1v) is 15.5. The number of carbonyl (C=O) groups excluding carboxylic acids is 2. The molecule has 3 N–H and O–H groups in total. The summed E-state index contributed by atoms with van der Waals surface area (Å²) in [5.41, 5.74) is 14.9. The Morgan fingerprint density at radius 1 is 1.00 bits per heavy atom. The van der Waals surface area contributed by atoms with Gasteiger partial charge in [0.2, 0.25) is 5.88 Å². The van der Waals surface area contributed by atoms with E-state index in [0.29, 0.717) is 12.2 Å². The van der Waals surface area contributed by atoms with Gasteiger partial charge in [-0.2, -0.15) is 0 Å². The van der Waals surface area contributed by atoms with Crippen LogP contribution in [-0.4, -0.2) is 19.3 Å². The molecule has 0 aliphatic carbocycles. The van der Waals surface area contributed by atoms with Gasteiger partial charge in [0.1, 0.15) is 5.94 Å². The molecule has 0 saturated heterocycles. The predicted molar refractivity (Wildman–Crippen MR) is 178 cm³/mol. The van der Waals surface area contributed by atoms with Crippen molar-refractivity contribution in [2.75, 3.05) is 12.4 Å². The topological polar surface area (TPSA) is 79.5 Å². The number of anilines is 2. The summed E-state index contributed by atoms with van der Waals surface area (Å²) >= 11 is 0. The first-order chi connectivity index (χ1) is 20.4. The highest BCUT2D eigenvalue weighted by Gasteiger charge is 2.12. The number of aryl methyl sites for hydroxylation is 2. The SMILES string of the molecule is CCCC(C)CC.CCCCCCc1c(CC)cccc1Nc1ccc(C)c(C2=CC=C(OC)NN2)c1.O=C=CC=O. The van der Waals surface area contributed by atoms with Gasteiger partial charge >= 0.3 is 0 Å². The molecule has 1 atom stereocenters. The van der Waals surface area contributed by atoms with Crippen LogP contribution in [-0.2, 0) is 27.2 Å². The number of hydrogen-bond acceptors (Lipinski definition) is 6. The minimum absolute atomic E-state index is 0.382. The summed E-state index contributed by atoms with van der Waals surface area (Å²) in [5, 5.41) is 3.70. The molecule has 6 nitrogen and oxygen atoms in total. The standard InChI is InChI=1S/C26H35N3O.C7H16.C3H2O2/c1-5-7-8-9-12-22-20(6-2)11-10-13-24(22)27-21-15-14-19(3)23(18-21)25-16-17-26(30-4)29-28-25;1-4-6-7(3)5-2;4-2-1-3-5/h10-11,13-18,27-29H,5-9,12H2,1-4H3;7H,4-6H2,1-3H3;1-2H. The van der Waals surface area contributed by atoms with E-state index < -0.39 is 0 Å². The maximum absolute atomic E-state index is 9.09. The van der Waals surface area contributed by atoms with E-state index in [2.05, 4.69) is 94.1 Å². The molecular formula is C36H53N3O3. The van der Waals surface area contributed by atoms with E-state index in [9.17, 15) is 0 Å². The fraction of sp³-hybridized carbons (Fsp3) is 0.472. The van der Waals surface area contributed by atoms with E-state index in [4.69, 9.17) is 14.3 Å². The Bertz CT molecular complexity index is 1180. The fourth-order valence-electron chi connectivity index (χ4n) is 4.62. The highest BCUT2D eigenvalue weighted by Crippen LogP contribution is 2.29. The Labute approximate surface area is 254 Å². The average molecular weight is 576 g/mol. The minimum atomic E-state index is 0.382. The molecule has 6 heteroatoms. The third kappa shape index (κ3) is 13.3. The van der Waals surface area contributed by atoms with Crippen molar-refractivity contribution in [2.45, 2.75) is 99.3 Å². The highest BCUT2D eigenvalue weighted by atomic mass is 16.5. The van der Waals surface area contributed by atoms with Crippen LogP contribution in [0.15, 0.2) is 60.5 Å². The van der Waals surface area contributed by atoms with Gasteiger partial charge in [-0.1, -0.05) is 91.3 Å². The molecule has 0 spiro atoms. The van der Waals surface area contributed by atoms with Crippen LogP contribution >= 0.6 is 0 Å². The van der Waals surface area contributed by atoms with Crippen molar-refractivity contribution >= 4 is 29.3 Å². The monoisotopic (exact) mass is 575 g/mol. The molecule has 230 valence electrons. The second-order valence-electron chi connectivity index (χ2n) is 10.6. The van der Waals surface area contributed by atoms with Crippen molar-refractivity contribution in [1.29, 1.82) is 0 Å². The molecule has 0 fully saturated rings. The van der Waals surface area contributed by atoms with Crippen molar-refractivity contribution in [3.63, 3.8) is 0 Å². The molecule has 2 aromatic rings. The van der Waals surface area contributed by atoms with Crippen LogP contribution in [0.25, 0.3) is 5.70 Å². The number of allylic oxidation sites excluding steroid dienone is 3. The summed E-state index contributed by atoms with van der Waals surface area (Å²) in [5.74, 6) is 2.93. The van der Waals surface area contributed by atoms with Gasteiger partial charge in [0.05, 0.1) is 18.9 Å². The summed E-state index contributed by atoms with van der Waals surface area (Å²) in [6, 6.07) is 13.2. The first-order valence-electron chi connectivity index (χ1n) is 15.5. The largest absolute Gasteiger partial charge is 0.481 e. The molecule has 1 aliphatic heterocycles. The molecule has 3 rings (SSSR count). The lowest BCUT2D eigenvalue weighted by molar-refractivity contribution is -0.104. The second-order valence-corrected chi connectivity index (χ2v) is 10.6. The third-order valence-corrected chi connectivity index (χ3v) is 7.30. The smallest absolute Gasteiger partial charge is 0.205 e. The number of unbranched alkanes of at least 4 members (excludes halogenated alkanes) is 3. The van der Waals surface area contributed by atoms with Gasteiger partial charge in [-0.25, -0.2) is 4.79 Å². The molecule has 0 amide bonds. The van der Waals surface area contributed by atoms with E-state index in [1.165, 1.54) is 73.3 Å². The average Bonchev–Trinajstić information content (AvgIpc) is 3.02. The molecule has 2 aromatic carbocycles. The van der Waals surface area contributed by atoms with Gasteiger partial charge in [-0.3, -0.25) is 15.6 Å². The predicted octanol–water partition coefficient (Wildman–Crippen LogP) is 8.77. The normalized spacial score (nSPS) is 12.3. The number of ether oxygens (including phenoxy) is 1. The number of hydrogen-bond donors (Lipinski definition) is 3. The van der Waals surface area contributed by atoms with Crippen molar-refractivity contribution in [2.24, 2.45) is 5.92 Å². The summed E-state index contributed by atoms with van der Waals surface area (Å²) < 4.78 is 5.22. The minimum Gasteiger partial charge on any atom is -0.481 e. The summed E-state index contributed by atoms with van der Waals surface area (Å²) in [6.07, 6.45) is 16.5. The van der Waals surface area contributed by atoms with Gasteiger partial charge in [-0.15, -0.1) is 0 Å². The van der Waals surface area contributed by atoms with E-state index in [1.807, 2.05) is 12.2 Å². The molecular weight excluding hydrogens is 522 g/mol. The maximum atomic E-state index is 9.09. The van der Waals surface area contributed by atoms with Crippen molar-refractivity contribution in [3.8, 4) is 0 Å². The van der Waals surface area contributed by atoms with Gasteiger partial charge in [0, 0.05) is 23.0 Å². The van der Waals surface area contributed by atoms with Gasteiger partial charge in [-0.05, 0) is 73.1 Å². The molecule has 1 aliphatic rings. The van der Waals surface area contributed by atoms with Crippen LogP contribution in [0.1, 0.15) is 102 Å². The number of aldehydes is 1. The van der Waals surface area contributed by atoms with Crippen molar-refractivity contribution < 1.29 is 14.3 Å². The van der Waals surface area contributed by atoms with Crippen LogP contribution in [0.5, 0.6) is 0 Å². The van der Waals surface area contributed by atoms with Crippen LogP contribution in [0.4, 0.5) is 11.4 Å². The van der Waals surface area contributed by atoms with Gasteiger partial charge in [0.15, 0.2) is 6.29 Å². The highest BCUT2D eigenvalue weighted by molar-refractivity contribution is 5.77. The molecule has 0 saturated carbocycles. The number of methoxy groups -OCH3 is 1. The Kier molecular flexibility index (Phi) is 18.9. The molecule has 0 bridgehead atoms. The van der Waals surface area contributed by atoms with Crippen molar-refractivity contribution in [3.05, 3.63) is 82.8 Å². The van der Waals surface area contributed by atoms with E-state index >= 15 is 0 Å². The Hall–Kier alpha value is -3.76.